The maximum atomic E-state index is 13.2. The Labute approximate surface area is 202 Å². The lowest BCUT2D eigenvalue weighted by Crippen LogP contribution is -2.39. The number of aromatic nitrogens is 3. The number of para-hydroxylation sites is 1. The molecule has 3 aromatic rings. The van der Waals surface area contributed by atoms with Crippen molar-refractivity contribution in [1.29, 1.82) is 0 Å². The van der Waals surface area contributed by atoms with E-state index in [9.17, 15) is 18.5 Å². The predicted molar refractivity (Wildman–Crippen MR) is 128 cm³/mol. The highest BCUT2D eigenvalue weighted by Crippen LogP contribution is 2.43. The molecule has 0 bridgehead atoms. The lowest BCUT2D eigenvalue weighted by molar-refractivity contribution is -0.388. The number of benzene rings is 2. The van der Waals surface area contributed by atoms with E-state index in [1.807, 2.05) is 41.8 Å². The first kappa shape index (κ1) is 23.0. The van der Waals surface area contributed by atoms with Gasteiger partial charge in [0.1, 0.15) is 5.82 Å². The topological polar surface area (TPSA) is 111 Å². The van der Waals surface area contributed by atoms with Crippen LogP contribution in [0.2, 0.25) is 0 Å². The Balaban J connectivity index is 1.51. The summed E-state index contributed by atoms with van der Waals surface area (Å²) >= 11 is 1.12. The van der Waals surface area contributed by atoms with Gasteiger partial charge < -0.3 is 0 Å². The number of nitrogens with zero attached hydrogens (tertiary/aromatic N) is 5. The van der Waals surface area contributed by atoms with Gasteiger partial charge in [-0.1, -0.05) is 25.1 Å². The van der Waals surface area contributed by atoms with Crippen molar-refractivity contribution in [3.8, 4) is 5.69 Å². The van der Waals surface area contributed by atoms with Crippen molar-refractivity contribution >= 4 is 27.5 Å². The molecule has 2 aliphatic rings. The molecule has 0 amide bonds. The smallest absolute Gasteiger partial charge is 0.274 e. The number of piperidine rings is 1. The third-order valence-corrected chi connectivity index (χ3v) is 9.07. The number of sulfonamides is 1. The third-order valence-electron chi connectivity index (χ3n) is 6.20. The van der Waals surface area contributed by atoms with Crippen molar-refractivity contribution in [3.63, 3.8) is 0 Å². The molecule has 0 N–H and O–H groups in total. The Kier molecular flexibility index (Phi) is 6.17. The molecule has 0 spiro atoms. The number of nitro benzene ring substituents is 1. The first-order valence-corrected chi connectivity index (χ1v) is 13.6. The van der Waals surface area contributed by atoms with Crippen LogP contribution in [0.3, 0.4) is 0 Å². The summed E-state index contributed by atoms with van der Waals surface area (Å²) in [5, 5.41) is 21.1. The summed E-state index contributed by atoms with van der Waals surface area (Å²) in [6, 6.07) is 13.8. The molecule has 1 aromatic heterocycles. The third kappa shape index (κ3) is 4.47. The van der Waals surface area contributed by atoms with E-state index >= 15 is 0 Å². The zero-order chi connectivity index (χ0) is 23.9. The van der Waals surface area contributed by atoms with Gasteiger partial charge in [0.15, 0.2) is 0 Å². The fourth-order valence-electron chi connectivity index (χ4n) is 4.27. The molecule has 178 valence electrons. The van der Waals surface area contributed by atoms with Gasteiger partial charge in [0.05, 0.1) is 14.7 Å². The fourth-order valence-corrected chi connectivity index (χ4v) is 6.83. The Morgan fingerprint density at radius 3 is 2.53 bits per heavy atom. The zero-order valence-corrected chi connectivity index (χ0v) is 20.3. The van der Waals surface area contributed by atoms with Crippen molar-refractivity contribution in [2.45, 2.75) is 53.5 Å². The lowest BCUT2D eigenvalue weighted by Gasteiger charge is -2.30. The van der Waals surface area contributed by atoms with Crippen LogP contribution in [0.1, 0.15) is 44.3 Å². The molecule has 1 saturated carbocycles. The van der Waals surface area contributed by atoms with E-state index < -0.39 is 14.9 Å². The van der Waals surface area contributed by atoms with Crippen molar-refractivity contribution in [1.82, 2.24) is 19.1 Å². The van der Waals surface area contributed by atoms with Crippen LogP contribution in [0.4, 0.5) is 5.69 Å². The lowest BCUT2D eigenvalue weighted by atomic mass is 10.0. The minimum absolute atomic E-state index is 0.0548. The molecule has 1 saturated heterocycles. The molecule has 34 heavy (non-hydrogen) atoms. The van der Waals surface area contributed by atoms with E-state index in [1.54, 1.807) is 0 Å². The summed E-state index contributed by atoms with van der Waals surface area (Å²) < 4.78 is 29.7. The van der Waals surface area contributed by atoms with Gasteiger partial charge in [0, 0.05) is 30.8 Å². The van der Waals surface area contributed by atoms with Crippen LogP contribution < -0.4 is 0 Å². The fraction of sp³-hybridized carbons (Fsp3) is 0.391. The van der Waals surface area contributed by atoms with E-state index in [1.165, 1.54) is 22.5 Å². The number of rotatable bonds is 7. The first-order valence-electron chi connectivity index (χ1n) is 11.3. The molecular formula is C23H25N5O4S2. The quantitative estimate of drug-likeness (QED) is 0.344. The molecule has 11 heteroatoms. The average molecular weight is 500 g/mol. The van der Waals surface area contributed by atoms with Crippen LogP contribution in [0.25, 0.3) is 5.69 Å². The summed E-state index contributed by atoms with van der Waals surface area (Å²) in [6.07, 6.45) is 3.84. The average Bonchev–Trinajstić information content (AvgIpc) is 3.59. The van der Waals surface area contributed by atoms with Gasteiger partial charge in [-0.3, -0.25) is 14.7 Å². The van der Waals surface area contributed by atoms with Gasteiger partial charge in [-0.05, 0) is 67.6 Å². The highest BCUT2D eigenvalue weighted by atomic mass is 32.2. The number of hydrogen-bond donors (Lipinski definition) is 0. The second-order valence-corrected chi connectivity index (χ2v) is 11.8. The molecule has 1 aliphatic heterocycles. The Bertz CT molecular complexity index is 1320. The summed E-state index contributed by atoms with van der Waals surface area (Å²) in [6.45, 7) is 2.88. The van der Waals surface area contributed by atoms with Crippen molar-refractivity contribution in [2.75, 3.05) is 13.1 Å². The van der Waals surface area contributed by atoms with E-state index in [0.717, 1.165) is 49.0 Å². The Morgan fingerprint density at radius 2 is 1.85 bits per heavy atom. The zero-order valence-electron chi connectivity index (χ0n) is 18.7. The van der Waals surface area contributed by atoms with E-state index in [0.29, 0.717) is 29.1 Å². The molecule has 1 unspecified atom stereocenters. The monoisotopic (exact) mass is 499 g/mol. The van der Waals surface area contributed by atoms with Gasteiger partial charge in [-0.15, -0.1) is 10.2 Å². The molecular weight excluding hydrogens is 474 g/mol. The van der Waals surface area contributed by atoms with Gasteiger partial charge >= 0.3 is 0 Å². The highest BCUT2D eigenvalue weighted by Gasteiger charge is 2.33. The molecule has 2 heterocycles. The van der Waals surface area contributed by atoms with Gasteiger partial charge in [-0.2, -0.15) is 4.31 Å². The molecule has 2 fully saturated rings. The second kappa shape index (κ2) is 9.12. The van der Waals surface area contributed by atoms with E-state index in [4.69, 9.17) is 0 Å². The molecule has 5 rings (SSSR count). The van der Waals surface area contributed by atoms with Crippen LogP contribution >= 0.6 is 11.8 Å². The molecule has 0 radical (unpaired) electrons. The summed E-state index contributed by atoms with van der Waals surface area (Å²) in [5.74, 6) is 1.43. The number of nitro groups is 1. The molecule has 1 atom stereocenters. The maximum Gasteiger partial charge on any atom is 0.284 e. The standard InChI is InChI=1S/C23H25N5O4S2/c1-16-6-5-13-26(15-16)34(31,32)19-11-12-21(20(14-19)28(29)30)33-23-25-24-22(17-9-10-17)27(23)18-7-3-2-4-8-18/h2-4,7-8,11-12,14,16-17H,5-6,9-10,13,15H2,1H3. The predicted octanol–water partition coefficient (Wildman–Crippen LogP) is 4.62. The largest absolute Gasteiger partial charge is 0.284 e. The van der Waals surface area contributed by atoms with Crippen LogP contribution in [-0.2, 0) is 10.0 Å². The van der Waals surface area contributed by atoms with Crippen molar-refractivity contribution < 1.29 is 13.3 Å². The second-order valence-electron chi connectivity index (χ2n) is 8.89. The minimum Gasteiger partial charge on any atom is -0.274 e. The maximum absolute atomic E-state index is 13.2. The van der Waals surface area contributed by atoms with Crippen molar-refractivity contribution in [2.24, 2.45) is 5.92 Å². The number of hydrogen-bond acceptors (Lipinski definition) is 7. The van der Waals surface area contributed by atoms with Crippen LogP contribution in [0.5, 0.6) is 0 Å². The van der Waals surface area contributed by atoms with Gasteiger partial charge in [-0.25, -0.2) is 8.42 Å². The summed E-state index contributed by atoms with van der Waals surface area (Å²) in [5.41, 5.74) is 0.629. The normalized spacial score (nSPS) is 19.3. The van der Waals surface area contributed by atoms with Crippen molar-refractivity contribution in [3.05, 3.63) is 64.5 Å². The highest BCUT2D eigenvalue weighted by molar-refractivity contribution is 7.99. The molecule has 1 aliphatic carbocycles. The van der Waals surface area contributed by atoms with Gasteiger partial charge in [0.25, 0.3) is 5.69 Å². The van der Waals surface area contributed by atoms with E-state index in [2.05, 4.69) is 10.2 Å². The Hall–Kier alpha value is -2.76. The summed E-state index contributed by atoms with van der Waals surface area (Å²) in [4.78, 5) is 11.7. The Morgan fingerprint density at radius 1 is 1.09 bits per heavy atom. The minimum atomic E-state index is -3.80. The molecule has 2 aromatic carbocycles. The van der Waals surface area contributed by atoms with E-state index in [-0.39, 0.29) is 16.5 Å². The summed E-state index contributed by atoms with van der Waals surface area (Å²) in [7, 11) is -3.80. The SMILES string of the molecule is CC1CCCN(S(=O)(=O)c2ccc(Sc3nnc(C4CC4)n3-c3ccccc3)c([N+](=O)[O-])c2)C1. The van der Waals surface area contributed by atoms with Crippen LogP contribution in [0.15, 0.2) is 63.5 Å². The van der Waals surface area contributed by atoms with Gasteiger partial charge in [0.2, 0.25) is 15.2 Å². The first-order chi connectivity index (χ1) is 16.3. The van der Waals surface area contributed by atoms with Crippen LogP contribution in [-0.4, -0.2) is 45.5 Å². The van der Waals surface area contributed by atoms with Crippen LogP contribution in [0, 0.1) is 16.0 Å². The molecule has 9 nitrogen and oxygen atoms in total.